The van der Waals surface area contributed by atoms with Gasteiger partial charge >= 0.3 is 0 Å². The Bertz CT molecular complexity index is 1030. The molecule has 0 aliphatic heterocycles. The maximum absolute atomic E-state index is 13.2. The number of benzene rings is 2. The van der Waals surface area contributed by atoms with Gasteiger partial charge < -0.3 is 15.2 Å². The summed E-state index contributed by atoms with van der Waals surface area (Å²) in [6, 6.07) is 14.3. The zero-order valence-electron chi connectivity index (χ0n) is 16.6. The van der Waals surface area contributed by atoms with Crippen LogP contribution in [0.4, 0.5) is 10.1 Å². The lowest BCUT2D eigenvalue weighted by Gasteiger charge is -2.15. The molecule has 0 fully saturated rings. The molecule has 3 rings (SSSR count). The summed E-state index contributed by atoms with van der Waals surface area (Å²) in [5.41, 5.74) is 0.964. The van der Waals surface area contributed by atoms with E-state index >= 15 is 0 Å². The first-order valence-electron chi connectivity index (χ1n) is 9.45. The molecule has 0 radical (unpaired) electrons. The van der Waals surface area contributed by atoms with Crippen LogP contribution in [-0.4, -0.2) is 32.3 Å². The van der Waals surface area contributed by atoms with Crippen LogP contribution >= 0.6 is 11.8 Å². The van der Waals surface area contributed by atoms with Crippen LogP contribution in [0.1, 0.15) is 36.1 Å². The number of carbonyl (C=O) groups is 2. The van der Waals surface area contributed by atoms with Crippen molar-refractivity contribution < 1.29 is 14.0 Å². The van der Waals surface area contributed by atoms with E-state index in [1.165, 1.54) is 30.0 Å². The number of hydrogen-bond donors (Lipinski definition) is 2. The second kappa shape index (κ2) is 10.0. The molecular formula is C21H22FN5O2S. The van der Waals surface area contributed by atoms with Gasteiger partial charge in [-0.2, -0.15) is 0 Å². The number of halogens is 1. The van der Waals surface area contributed by atoms with Crippen LogP contribution < -0.4 is 10.6 Å². The van der Waals surface area contributed by atoms with Gasteiger partial charge in [-0.1, -0.05) is 36.0 Å². The maximum atomic E-state index is 13.2. The van der Waals surface area contributed by atoms with Crippen LogP contribution in [0.5, 0.6) is 0 Å². The van der Waals surface area contributed by atoms with Crippen LogP contribution in [-0.2, 0) is 11.3 Å². The van der Waals surface area contributed by atoms with Crippen molar-refractivity contribution >= 4 is 29.3 Å². The Morgan fingerprint density at radius 1 is 1.13 bits per heavy atom. The van der Waals surface area contributed by atoms with Crippen molar-refractivity contribution in [3.05, 3.63) is 71.8 Å². The van der Waals surface area contributed by atoms with Gasteiger partial charge in [0.25, 0.3) is 5.91 Å². The summed E-state index contributed by atoms with van der Waals surface area (Å²) in [6.45, 7) is 4.36. The summed E-state index contributed by atoms with van der Waals surface area (Å²) in [5.74, 6) is -0.183. The Labute approximate surface area is 178 Å². The molecule has 0 aliphatic rings. The number of anilines is 1. The fraction of sp³-hybridized carbons (Fsp3) is 0.238. The lowest BCUT2D eigenvalue weighted by atomic mass is 10.2. The van der Waals surface area contributed by atoms with Crippen LogP contribution in [0.25, 0.3) is 0 Å². The molecule has 1 heterocycles. The molecule has 30 heavy (non-hydrogen) atoms. The third-order valence-corrected chi connectivity index (χ3v) is 5.24. The molecule has 0 spiro atoms. The lowest BCUT2D eigenvalue weighted by Crippen LogP contribution is -2.28. The zero-order valence-corrected chi connectivity index (χ0v) is 17.4. The third-order valence-electron chi connectivity index (χ3n) is 4.27. The molecular weight excluding hydrogens is 405 g/mol. The van der Waals surface area contributed by atoms with E-state index in [1.807, 2.05) is 24.5 Å². The second-order valence-corrected chi connectivity index (χ2v) is 7.44. The molecule has 2 N–H and O–H groups in total. The van der Waals surface area contributed by atoms with Crippen molar-refractivity contribution in [3.8, 4) is 0 Å². The van der Waals surface area contributed by atoms with Crippen molar-refractivity contribution in [2.45, 2.75) is 31.6 Å². The average molecular weight is 428 g/mol. The number of nitrogens with zero attached hydrogens (tertiary/aromatic N) is 3. The number of nitrogens with one attached hydrogen (secondary N) is 2. The van der Waals surface area contributed by atoms with Crippen LogP contribution in [0.3, 0.4) is 0 Å². The first-order chi connectivity index (χ1) is 14.5. The first-order valence-corrected chi connectivity index (χ1v) is 10.4. The van der Waals surface area contributed by atoms with E-state index in [2.05, 4.69) is 20.8 Å². The Morgan fingerprint density at radius 2 is 1.90 bits per heavy atom. The van der Waals surface area contributed by atoms with E-state index in [4.69, 9.17) is 0 Å². The molecule has 1 aromatic heterocycles. The number of hydrogen-bond acceptors (Lipinski definition) is 5. The van der Waals surface area contributed by atoms with Crippen LogP contribution in [0.15, 0.2) is 59.8 Å². The van der Waals surface area contributed by atoms with Crippen molar-refractivity contribution in [2.24, 2.45) is 0 Å². The first kappa shape index (κ1) is 21.5. The topological polar surface area (TPSA) is 88.9 Å². The smallest absolute Gasteiger partial charge is 0.251 e. The molecule has 9 heteroatoms. The van der Waals surface area contributed by atoms with Gasteiger partial charge in [0.1, 0.15) is 5.82 Å². The molecule has 3 aromatic rings. The van der Waals surface area contributed by atoms with Crippen molar-refractivity contribution in [2.75, 3.05) is 11.1 Å². The van der Waals surface area contributed by atoms with Crippen molar-refractivity contribution in [1.29, 1.82) is 0 Å². The van der Waals surface area contributed by atoms with E-state index in [0.29, 0.717) is 28.8 Å². The molecule has 7 nitrogen and oxygen atoms in total. The maximum Gasteiger partial charge on any atom is 0.251 e. The van der Waals surface area contributed by atoms with Crippen molar-refractivity contribution in [1.82, 2.24) is 20.1 Å². The highest BCUT2D eigenvalue weighted by Crippen LogP contribution is 2.21. The highest BCUT2D eigenvalue weighted by atomic mass is 32.2. The van der Waals surface area contributed by atoms with Gasteiger partial charge in [0, 0.05) is 17.8 Å². The van der Waals surface area contributed by atoms with Gasteiger partial charge in [-0.25, -0.2) is 4.39 Å². The normalized spacial score (nSPS) is 11.7. The Morgan fingerprint density at radius 3 is 2.60 bits per heavy atom. The summed E-state index contributed by atoms with van der Waals surface area (Å²) in [7, 11) is 0. The van der Waals surface area contributed by atoms with Gasteiger partial charge in [-0.15, -0.1) is 10.2 Å². The Hall–Kier alpha value is -3.20. The molecule has 0 saturated heterocycles. The molecule has 2 aromatic carbocycles. The van der Waals surface area contributed by atoms with E-state index < -0.39 is 5.82 Å². The standard InChI is InChI=1S/C21H22FN5O2S/c1-3-27-19(14(2)23-20(29)15-8-5-4-6-9-15)25-26-21(27)30-13-18(28)24-17-11-7-10-16(22)12-17/h4-12,14H,3,13H2,1-2H3,(H,23,29)(H,24,28)/t14-/m0/s1. The molecule has 0 unspecified atom stereocenters. The quantitative estimate of drug-likeness (QED) is 0.536. The van der Waals surface area contributed by atoms with E-state index in [0.717, 1.165) is 0 Å². The number of aromatic nitrogens is 3. The van der Waals surface area contributed by atoms with E-state index in [9.17, 15) is 14.0 Å². The van der Waals surface area contributed by atoms with Gasteiger partial charge in [0.05, 0.1) is 11.8 Å². The van der Waals surface area contributed by atoms with E-state index in [1.54, 1.807) is 30.3 Å². The summed E-state index contributed by atoms with van der Waals surface area (Å²) in [5, 5.41) is 14.5. The molecule has 1 atom stereocenters. The zero-order chi connectivity index (χ0) is 21.5. The Balaban J connectivity index is 1.62. The fourth-order valence-electron chi connectivity index (χ4n) is 2.85. The molecule has 0 aliphatic carbocycles. The minimum atomic E-state index is -0.414. The number of rotatable bonds is 8. The molecule has 156 valence electrons. The summed E-state index contributed by atoms with van der Waals surface area (Å²) in [6.07, 6.45) is 0. The molecule has 2 amide bonds. The minimum absolute atomic E-state index is 0.0966. The largest absolute Gasteiger partial charge is 0.342 e. The van der Waals surface area contributed by atoms with Crippen LogP contribution in [0.2, 0.25) is 0 Å². The van der Waals surface area contributed by atoms with Gasteiger partial charge in [-0.05, 0) is 44.2 Å². The number of thioether (sulfide) groups is 1. The third kappa shape index (κ3) is 5.44. The van der Waals surface area contributed by atoms with Gasteiger partial charge in [-0.3, -0.25) is 9.59 Å². The second-order valence-electron chi connectivity index (χ2n) is 6.49. The Kier molecular flexibility index (Phi) is 7.18. The SMILES string of the molecule is CCn1c(SCC(=O)Nc2cccc(F)c2)nnc1[C@H](C)NC(=O)c1ccccc1. The van der Waals surface area contributed by atoms with Crippen molar-refractivity contribution in [3.63, 3.8) is 0 Å². The number of carbonyl (C=O) groups excluding carboxylic acids is 2. The molecule has 0 bridgehead atoms. The minimum Gasteiger partial charge on any atom is -0.342 e. The summed E-state index contributed by atoms with van der Waals surface area (Å²) >= 11 is 1.23. The lowest BCUT2D eigenvalue weighted by molar-refractivity contribution is -0.113. The summed E-state index contributed by atoms with van der Waals surface area (Å²) < 4.78 is 15.1. The van der Waals surface area contributed by atoms with Gasteiger partial charge in [0.15, 0.2) is 11.0 Å². The summed E-state index contributed by atoms with van der Waals surface area (Å²) in [4.78, 5) is 24.6. The predicted octanol–water partition coefficient (Wildman–Crippen LogP) is 3.66. The van der Waals surface area contributed by atoms with E-state index in [-0.39, 0.29) is 23.6 Å². The monoisotopic (exact) mass is 427 g/mol. The van der Waals surface area contributed by atoms with Crippen LogP contribution in [0, 0.1) is 5.82 Å². The highest BCUT2D eigenvalue weighted by Gasteiger charge is 2.20. The van der Waals surface area contributed by atoms with Gasteiger partial charge in [0.2, 0.25) is 5.91 Å². The molecule has 0 saturated carbocycles. The highest BCUT2D eigenvalue weighted by molar-refractivity contribution is 7.99. The number of amides is 2. The predicted molar refractivity (Wildman–Crippen MR) is 114 cm³/mol. The average Bonchev–Trinajstić information content (AvgIpc) is 3.16. The fourth-order valence-corrected chi connectivity index (χ4v) is 3.66.